The van der Waals surface area contributed by atoms with E-state index in [1.807, 2.05) is 41.8 Å². The van der Waals surface area contributed by atoms with Crippen LogP contribution in [0.2, 0.25) is 0 Å². The Kier molecular flexibility index (Phi) is 5.18. The van der Waals surface area contributed by atoms with Gasteiger partial charge in [-0.2, -0.15) is 0 Å². The van der Waals surface area contributed by atoms with Crippen molar-refractivity contribution in [2.24, 2.45) is 5.92 Å². The minimum Gasteiger partial charge on any atom is -0.489 e. The molecule has 1 aromatic heterocycles. The van der Waals surface area contributed by atoms with Crippen molar-refractivity contribution in [3.8, 4) is 5.75 Å². The number of hydrogen-bond donors (Lipinski definition) is 1. The quantitative estimate of drug-likeness (QED) is 0.880. The molecule has 0 bridgehead atoms. The Morgan fingerprint density at radius 1 is 1.30 bits per heavy atom. The number of amides is 1. The van der Waals surface area contributed by atoms with Crippen molar-refractivity contribution in [3.05, 3.63) is 52.2 Å². The van der Waals surface area contributed by atoms with E-state index in [9.17, 15) is 4.79 Å². The zero-order valence-electron chi connectivity index (χ0n) is 11.8. The third-order valence-corrected chi connectivity index (χ3v) is 3.67. The van der Waals surface area contributed by atoms with Crippen molar-refractivity contribution in [1.82, 2.24) is 5.32 Å². The molecular weight excluding hydrogens is 270 g/mol. The van der Waals surface area contributed by atoms with Gasteiger partial charge in [-0.25, -0.2) is 0 Å². The van der Waals surface area contributed by atoms with E-state index >= 15 is 0 Å². The van der Waals surface area contributed by atoms with Crippen molar-refractivity contribution in [2.45, 2.75) is 20.5 Å². The van der Waals surface area contributed by atoms with Gasteiger partial charge in [0.25, 0.3) is 5.91 Å². The van der Waals surface area contributed by atoms with Crippen LogP contribution in [-0.4, -0.2) is 12.5 Å². The van der Waals surface area contributed by atoms with E-state index in [0.29, 0.717) is 19.1 Å². The van der Waals surface area contributed by atoms with Gasteiger partial charge >= 0.3 is 0 Å². The normalized spacial score (nSPS) is 10.6. The summed E-state index contributed by atoms with van der Waals surface area (Å²) in [6, 6.07) is 11.6. The van der Waals surface area contributed by atoms with Crippen LogP contribution in [0.1, 0.15) is 29.1 Å². The molecule has 0 aliphatic carbocycles. The Morgan fingerprint density at radius 2 is 2.05 bits per heavy atom. The van der Waals surface area contributed by atoms with Gasteiger partial charge in [0, 0.05) is 12.1 Å². The molecule has 0 aliphatic rings. The summed E-state index contributed by atoms with van der Waals surface area (Å²) in [5.41, 5.74) is 1.02. The maximum atomic E-state index is 11.9. The highest BCUT2D eigenvalue weighted by Gasteiger charge is 2.09. The van der Waals surface area contributed by atoms with Gasteiger partial charge in [0.05, 0.1) is 4.88 Å². The van der Waals surface area contributed by atoms with Crippen LogP contribution in [0.5, 0.6) is 5.75 Å². The number of thiophene rings is 1. The second-order valence-corrected chi connectivity index (χ2v) is 5.94. The SMILES string of the molecule is CC(C)CNC(=O)c1cc(COc2ccccc2)cs1. The second-order valence-electron chi connectivity index (χ2n) is 5.02. The number of rotatable bonds is 6. The van der Waals surface area contributed by atoms with Gasteiger partial charge in [-0.1, -0.05) is 32.0 Å². The fourth-order valence-corrected chi connectivity index (χ4v) is 2.45. The van der Waals surface area contributed by atoms with Gasteiger partial charge < -0.3 is 10.1 Å². The molecule has 20 heavy (non-hydrogen) atoms. The summed E-state index contributed by atoms with van der Waals surface area (Å²) in [5.74, 6) is 1.29. The molecule has 0 saturated heterocycles. The van der Waals surface area contributed by atoms with Crippen LogP contribution in [0, 0.1) is 5.92 Å². The topological polar surface area (TPSA) is 38.3 Å². The molecule has 0 spiro atoms. The largest absolute Gasteiger partial charge is 0.489 e. The van der Waals surface area contributed by atoms with Crippen LogP contribution in [-0.2, 0) is 6.61 Å². The van der Waals surface area contributed by atoms with Gasteiger partial charge in [-0.3, -0.25) is 4.79 Å². The molecule has 1 aromatic carbocycles. The highest BCUT2D eigenvalue weighted by molar-refractivity contribution is 7.12. The third-order valence-electron chi connectivity index (χ3n) is 2.70. The summed E-state index contributed by atoms with van der Waals surface area (Å²) in [5, 5.41) is 4.88. The molecule has 1 amide bonds. The highest BCUT2D eigenvalue weighted by atomic mass is 32.1. The standard InChI is InChI=1S/C16H19NO2S/c1-12(2)9-17-16(18)15-8-13(11-20-15)10-19-14-6-4-3-5-7-14/h3-8,11-12H,9-10H2,1-2H3,(H,17,18). The molecule has 3 nitrogen and oxygen atoms in total. The number of hydrogen-bond acceptors (Lipinski definition) is 3. The molecule has 2 rings (SSSR count). The molecule has 0 saturated carbocycles. The summed E-state index contributed by atoms with van der Waals surface area (Å²) in [6.45, 7) is 5.34. The molecule has 0 fully saturated rings. The molecule has 4 heteroatoms. The van der Waals surface area contributed by atoms with Gasteiger partial charge in [0.1, 0.15) is 12.4 Å². The molecular formula is C16H19NO2S. The second kappa shape index (κ2) is 7.10. The number of carbonyl (C=O) groups is 1. The average Bonchev–Trinajstić information content (AvgIpc) is 2.92. The van der Waals surface area contributed by atoms with Gasteiger partial charge in [-0.05, 0) is 29.5 Å². The first kappa shape index (κ1) is 14.6. The fraction of sp³-hybridized carbons (Fsp3) is 0.312. The highest BCUT2D eigenvalue weighted by Crippen LogP contribution is 2.17. The van der Waals surface area contributed by atoms with Crippen molar-refractivity contribution in [1.29, 1.82) is 0 Å². The van der Waals surface area contributed by atoms with Crippen LogP contribution in [0.25, 0.3) is 0 Å². The molecule has 0 aliphatic heterocycles. The Balaban J connectivity index is 1.87. The molecule has 0 radical (unpaired) electrons. The van der Waals surface area contributed by atoms with E-state index in [2.05, 4.69) is 19.2 Å². The number of benzene rings is 1. The lowest BCUT2D eigenvalue weighted by atomic mass is 10.2. The van der Waals surface area contributed by atoms with Crippen LogP contribution in [0.3, 0.4) is 0 Å². The fourth-order valence-electron chi connectivity index (χ4n) is 1.64. The maximum absolute atomic E-state index is 11.9. The van der Waals surface area contributed by atoms with Crippen molar-refractivity contribution < 1.29 is 9.53 Å². The Bertz CT molecular complexity index is 549. The van der Waals surface area contributed by atoms with Crippen LogP contribution < -0.4 is 10.1 Å². The predicted molar refractivity (Wildman–Crippen MR) is 82.3 cm³/mol. The first-order valence-corrected chi connectivity index (χ1v) is 7.56. The van der Waals surface area contributed by atoms with E-state index in [0.717, 1.165) is 16.2 Å². The molecule has 1 heterocycles. The van der Waals surface area contributed by atoms with E-state index in [1.165, 1.54) is 11.3 Å². The van der Waals surface area contributed by atoms with Crippen molar-refractivity contribution in [2.75, 3.05) is 6.54 Å². The summed E-state index contributed by atoms with van der Waals surface area (Å²) in [7, 11) is 0. The van der Waals surface area contributed by atoms with Crippen LogP contribution in [0.15, 0.2) is 41.8 Å². The lowest BCUT2D eigenvalue weighted by Crippen LogP contribution is -2.26. The number of nitrogens with one attached hydrogen (secondary N) is 1. The number of para-hydroxylation sites is 1. The molecule has 1 N–H and O–H groups in total. The third kappa shape index (κ3) is 4.38. The van der Waals surface area contributed by atoms with Gasteiger partial charge in [0.15, 0.2) is 0 Å². The summed E-state index contributed by atoms with van der Waals surface area (Å²) in [6.07, 6.45) is 0. The van der Waals surface area contributed by atoms with Gasteiger partial charge in [-0.15, -0.1) is 11.3 Å². The lowest BCUT2D eigenvalue weighted by Gasteiger charge is -2.05. The van der Waals surface area contributed by atoms with E-state index < -0.39 is 0 Å². The Hall–Kier alpha value is -1.81. The first-order chi connectivity index (χ1) is 9.65. The molecule has 106 valence electrons. The zero-order chi connectivity index (χ0) is 14.4. The first-order valence-electron chi connectivity index (χ1n) is 6.68. The zero-order valence-corrected chi connectivity index (χ0v) is 12.6. The van der Waals surface area contributed by atoms with Gasteiger partial charge in [0.2, 0.25) is 0 Å². The van der Waals surface area contributed by atoms with E-state index in [-0.39, 0.29) is 5.91 Å². The Labute approximate surface area is 123 Å². The monoisotopic (exact) mass is 289 g/mol. The minimum absolute atomic E-state index is 0.00494. The van der Waals surface area contributed by atoms with Crippen molar-refractivity contribution >= 4 is 17.2 Å². The summed E-state index contributed by atoms with van der Waals surface area (Å²) < 4.78 is 5.66. The average molecular weight is 289 g/mol. The van der Waals surface area contributed by atoms with Crippen LogP contribution >= 0.6 is 11.3 Å². The number of ether oxygens (including phenoxy) is 1. The smallest absolute Gasteiger partial charge is 0.261 e. The molecule has 0 unspecified atom stereocenters. The minimum atomic E-state index is -0.00494. The summed E-state index contributed by atoms with van der Waals surface area (Å²) >= 11 is 1.45. The summed E-state index contributed by atoms with van der Waals surface area (Å²) in [4.78, 5) is 12.6. The van der Waals surface area contributed by atoms with Crippen LogP contribution in [0.4, 0.5) is 0 Å². The van der Waals surface area contributed by atoms with E-state index in [4.69, 9.17) is 4.74 Å². The van der Waals surface area contributed by atoms with E-state index in [1.54, 1.807) is 0 Å². The predicted octanol–water partition coefficient (Wildman–Crippen LogP) is 3.71. The molecule has 0 atom stereocenters. The molecule has 2 aromatic rings. The Morgan fingerprint density at radius 3 is 2.75 bits per heavy atom. The van der Waals surface area contributed by atoms with Crippen molar-refractivity contribution in [3.63, 3.8) is 0 Å². The number of carbonyl (C=O) groups excluding carboxylic acids is 1. The maximum Gasteiger partial charge on any atom is 0.261 e. The lowest BCUT2D eigenvalue weighted by molar-refractivity contribution is 0.0953.